The van der Waals surface area contributed by atoms with E-state index in [4.69, 9.17) is 5.73 Å². The van der Waals surface area contributed by atoms with Crippen LogP contribution >= 0.6 is 31.9 Å². The second-order valence-electron chi connectivity index (χ2n) is 5.14. The van der Waals surface area contributed by atoms with Gasteiger partial charge in [-0.3, -0.25) is 25.7 Å². The lowest BCUT2D eigenvalue weighted by Gasteiger charge is -2.39. The molecule has 2 atom stereocenters. The Morgan fingerprint density at radius 1 is 1.45 bits per heavy atom. The number of hydrogen-bond acceptors (Lipinski definition) is 3. The van der Waals surface area contributed by atoms with Crippen LogP contribution in [0.3, 0.4) is 0 Å². The van der Waals surface area contributed by atoms with Crippen LogP contribution in [0.2, 0.25) is 0 Å². The second-order valence-corrected chi connectivity index (χ2v) is 6.73. The Balaban J connectivity index is 0.00000121. The Bertz CT molecular complexity index is 645. The summed E-state index contributed by atoms with van der Waals surface area (Å²) in [5, 5.41) is 3.28. The summed E-state index contributed by atoms with van der Waals surface area (Å²) in [5.41, 5.74) is 7.08. The van der Waals surface area contributed by atoms with Crippen LogP contribution < -0.4 is 28.4 Å². The third-order valence-electron chi connectivity index (χ3n) is 4.23. The maximum Gasteiger partial charge on any atom is 0.343 e. The van der Waals surface area contributed by atoms with Crippen molar-refractivity contribution in [3.8, 4) is 0 Å². The number of nitrogens with zero attached hydrogens (tertiary/aromatic N) is 1. The predicted octanol–water partition coefficient (Wildman–Crippen LogP) is -3.47. The standard InChI is InChI=1S/C11H11Br2N5O.ClH/c12-5-4-6(15-8(5)13)9(19)18-3-1-2-11(18)7(4)16-10(14)17-11;/h7,15H,1-3H2,(H3,14,16,17);1H/t7-,11+;/m0./s1. The number of amides is 1. The van der Waals surface area contributed by atoms with Crippen molar-refractivity contribution in [2.75, 3.05) is 6.54 Å². The normalized spacial score (nSPS) is 30.1. The van der Waals surface area contributed by atoms with Gasteiger partial charge in [0.05, 0.1) is 9.08 Å². The summed E-state index contributed by atoms with van der Waals surface area (Å²) in [6.07, 6.45) is 1.87. The molecule has 0 unspecified atom stereocenters. The summed E-state index contributed by atoms with van der Waals surface area (Å²) in [5.74, 6) is 0.556. The maximum absolute atomic E-state index is 12.6. The van der Waals surface area contributed by atoms with Crippen LogP contribution in [0, 0.1) is 0 Å². The average Bonchev–Trinajstić information content (AvgIpc) is 2.99. The topological polar surface area (TPSA) is 88.1 Å². The van der Waals surface area contributed by atoms with Crippen LogP contribution in [-0.2, 0) is 0 Å². The Morgan fingerprint density at radius 2 is 2.20 bits per heavy atom. The summed E-state index contributed by atoms with van der Waals surface area (Å²) in [6.45, 7) is 0.755. The lowest BCUT2D eigenvalue weighted by atomic mass is 9.88. The zero-order valence-electron chi connectivity index (χ0n) is 10.3. The third-order valence-corrected chi connectivity index (χ3v) is 6.18. The van der Waals surface area contributed by atoms with E-state index in [0.717, 1.165) is 34.0 Å². The molecule has 6 nitrogen and oxygen atoms in total. The van der Waals surface area contributed by atoms with Crippen molar-refractivity contribution in [3.05, 3.63) is 20.3 Å². The van der Waals surface area contributed by atoms with Gasteiger partial charge >= 0.3 is 5.96 Å². The molecule has 4 heterocycles. The number of nitrogens with two attached hydrogens (primary N) is 1. The van der Waals surface area contributed by atoms with Gasteiger partial charge in [-0.2, -0.15) is 0 Å². The first-order valence-electron chi connectivity index (χ1n) is 6.10. The summed E-state index contributed by atoms with van der Waals surface area (Å²) in [4.78, 5) is 20.9. The molecule has 9 heteroatoms. The van der Waals surface area contributed by atoms with Crippen molar-refractivity contribution >= 4 is 43.7 Å². The molecular weight excluding hydrogens is 413 g/mol. The maximum atomic E-state index is 12.6. The van der Waals surface area contributed by atoms with Crippen molar-refractivity contribution in [2.24, 2.45) is 5.73 Å². The zero-order valence-corrected chi connectivity index (χ0v) is 14.2. The minimum atomic E-state index is -0.418. The number of carbonyl (C=O) groups excluding carboxylic acids is 1. The van der Waals surface area contributed by atoms with Gasteiger partial charge in [-0.05, 0) is 38.3 Å². The molecule has 3 aliphatic rings. The fraction of sp³-hybridized carbons (Fsp3) is 0.455. The highest BCUT2D eigenvalue weighted by Crippen LogP contribution is 2.46. The fourth-order valence-corrected chi connectivity index (χ4v) is 4.45. The monoisotopic (exact) mass is 423 g/mol. The van der Waals surface area contributed by atoms with Gasteiger partial charge in [0, 0.05) is 18.5 Å². The van der Waals surface area contributed by atoms with Crippen LogP contribution in [0.15, 0.2) is 9.08 Å². The molecule has 1 aromatic rings. The van der Waals surface area contributed by atoms with Gasteiger partial charge in [0.1, 0.15) is 5.69 Å². The molecule has 1 aromatic heterocycles. The smallest absolute Gasteiger partial charge is 0.343 e. The SMILES string of the molecule is NC1=[NH+][C@H]2c3c([nH]c(Br)c3Br)C(=O)N3CCC[C@]23N1.[Cl-]. The fourth-order valence-electron chi connectivity index (χ4n) is 3.52. The second kappa shape index (κ2) is 4.38. The molecule has 1 spiro atoms. The number of aromatic amines is 1. The average molecular weight is 426 g/mol. The van der Waals surface area contributed by atoms with E-state index in [0.29, 0.717) is 11.7 Å². The third kappa shape index (κ3) is 1.50. The number of halogens is 3. The first-order valence-corrected chi connectivity index (χ1v) is 7.69. The van der Waals surface area contributed by atoms with Crippen molar-refractivity contribution in [2.45, 2.75) is 24.5 Å². The minimum Gasteiger partial charge on any atom is -1.00 e. The van der Waals surface area contributed by atoms with Gasteiger partial charge in [0.25, 0.3) is 5.91 Å². The van der Waals surface area contributed by atoms with E-state index in [1.807, 2.05) is 4.90 Å². The molecule has 20 heavy (non-hydrogen) atoms. The number of aromatic nitrogens is 1. The lowest BCUT2D eigenvalue weighted by molar-refractivity contribution is -0.515. The number of fused-ring (bicyclic) bond motifs is 2. The van der Waals surface area contributed by atoms with Crippen LogP contribution in [0.1, 0.15) is 34.9 Å². The molecule has 0 radical (unpaired) electrons. The summed E-state index contributed by atoms with van der Waals surface area (Å²) < 4.78 is 1.67. The Morgan fingerprint density at radius 3 is 2.95 bits per heavy atom. The first kappa shape index (κ1) is 14.2. The van der Waals surface area contributed by atoms with Gasteiger partial charge in [-0.25, -0.2) is 0 Å². The molecule has 1 saturated heterocycles. The molecule has 1 amide bonds. The van der Waals surface area contributed by atoms with E-state index < -0.39 is 5.66 Å². The molecule has 0 saturated carbocycles. The molecule has 0 aliphatic carbocycles. The van der Waals surface area contributed by atoms with Crippen LogP contribution in [-0.4, -0.2) is 34.0 Å². The number of rotatable bonds is 0. The molecule has 5 N–H and O–H groups in total. The van der Waals surface area contributed by atoms with E-state index >= 15 is 0 Å². The Kier molecular flexibility index (Phi) is 3.11. The van der Waals surface area contributed by atoms with E-state index in [1.54, 1.807) is 0 Å². The molecule has 0 aromatic carbocycles. The lowest BCUT2D eigenvalue weighted by Crippen LogP contribution is -3.00. The number of guanidine groups is 1. The van der Waals surface area contributed by atoms with Crippen LogP contribution in [0.25, 0.3) is 0 Å². The minimum absolute atomic E-state index is 0. The number of carbonyl (C=O) groups is 1. The van der Waals surface area contributed by atoms with Gasteiger partial charge in [0.15, 0.2) is 11.7 Å². The summed E-state index contributed by atoms with van der Waals surface area (Å²) >= 11 is 6.98. The van der Waals surface area contributed by atoms with Crippen molar-refractivity contribution in [1.82, 2.24) is 15.2 Å². The molecule has 108 valence electrons. The molecule has 1 fully saturated rings. The van der Waals surface area contributed by atoms with Crippen molar-refractivity contribution in [1.29, 1.82) is 0 Å². The van der Waals surface area contributed by atoms with E-state index in [2.05, 4.69) is 47.2 Å². The van der Waals surface area contributed by atoms with Crippen molar-refractivity contribution in [3.63, 3.8) is 0 Å². The molecule has 4 rings (SSSR count). The van der Waals surface area contributed by atoms with E-state index in [-0.39, 0.29) is 24.4 Å². The highest BCUT2D eigenvalue weighted by molar-refractivity contribution is 9.13. The predicted molar refractivity (Wildman–Crippen MR) is 75.2 cm³/mol. The van der Waals surface area contributed by atoms with E-state index in [9.17, 15) is 4.79 Å². The largest absolute Gasteiger partial charge is 1.00 e. The van der Waals surface area contributed by atoms with Crippen LogP contribution in [0.4, 0.5) is 0 Å². The number of H-pyrrole nitrogens is 1. The quantitative estimate of drug-likeness (QED) is 0.348. The number of hydrogen-bond donors (Lipinski definition) is 4. The molecule has 0 bridgehead atoms. The summed E-state index contributed by atoms with van der Waals surface area (Å²) in [7, 11) is 0. The highest BCUT2D eigenvalue weighted by atomic mass is 79.9. The zero-order chi connectivity index (χ0) is 13.4. The van der Waals surface area contributed by atoms with Crippen molar-refractivity contribution < 1.29 is 22.2 Å². The Hall–Kier alpha value is -0.730. The molecule has 3 aliphatic heterocycles. The van der Waals surface area contributed by atoms with Gasteiger partial charge in [-0.15, -0.1) is 0 Å². The van der Waals surface area contributed by atoms with Gasteiger partial charge in [0.2, 0.25) is 0 Å². The summed E-state index contributed by atoms with van der Waals surface area (Å²) in [6, 6.07) is -0.0281. The van der Waals surface area contributed by atoms with Crippen LogP contribution in [0.5, 0.6) is 0 Å². The van der Waals surface area contributed by atoms with E-state index in [1.165, 1.54) is 0 Å². The highest BCUT2D eigenvalue weighted by Gasteiger charge is 2.62. The molecular formula is C11H12Br2ClN5O. The van der Waals surface area contributed by atoms with Gasteiger partial charge < -0.3 is 17.4 Å². The Labute approximate surface area is 138 Å². The number of nitrogens with one attached hydrogen (secondary N) is 3. The van der Waals surface area contributed by atoms with Gasteiger partial charge in [-0.1, -0.05) is 0 Å². The first-order chi connectivity index (χ1) is 9.04.